The van der Waals surface area contributed by atoms with Gasteiger partial charge in [0.1, 0.15) is 17.0 Å². The third-order valence-corrected chi connectivity index (χ3v) is 5.97. The van der Waals surface area contributed by atoms with E-state index < -0.39 is 6.17 Å². The zero-order chi connectivity index (χ0) is 18.9. The molecular formula is C21H18FN5S. The normalized spacial score (nSPS) is 17.2. The van der Waals surface area contributed by atoms with Gasteiger partial charge in [-0.25, -0.2) is 19.3 Å². The molecule has 0 saturated carbocycles. The first-order chi connectivity index (χ1) is 13.8. The Morgan fingerprint density at radius 1 is 1.04 bits per heavy atom. The molecule has 1 saturated heterocycles. The van der Waals surface area contributed by atoms with E-state index in [1.165, 1.54) is 0 Å². The van der Waals surface area contributed by atoms with Crippen LogP contribution in [-0.4, -0.2) is 39.2 Å². The lowest BCUT2D eigenvalue weighted by Gasteiger charge is -2.29. The van der Waals surface area contributed by atoms with Crippen LogP contribution in [0.5, 0.6) is 0 Å². The molecule has 1 aliphatic rings. The summed E-state index contributed by atoms with van der Waals surface area (Å²) in [5.74, 6) is 0.823. The van der Waals surface area contributed by atoms with Gasteiger partial charge in [-0.15, -0.1) is 11.3 Å². The van der Waals surface area contributed by atoms with Crippen LogP contribution in [0, 0.1) is 0 Å². The molecule has 5 nitrogen and oxygen atoms in total. The van der Waals surface area contributed by atoms with Crippen molar-refractivity contribution >= 4 is 27.5 Å². The molecule has 1 atom stereocenters. The van der Waals surface area contributed by atoms with E-state index in [1.54, 1.807) is 17.5 Å². The van der Waals surface area contributed by atoms with Gasteiger partial charge in [0.15, 0.2) is 5.65 Å². The van der Waals surface area contributed by atoms with Crippen LogP contribution in [-0.2, 0) is 0 Å². The molecule has 5 rings (SSSR count). The van der Waals surface area contributed by atoms with Crippen molar-refractivity contribution < 1.29 is 4.39 Å². The van der Waals surface area contributed by atoms with Gasteiger partial charge >= 0.3 is 0 Å². The van der Waals surface area contributed by atoms with Gasteiger partial charge in [-0.1, -0.05) is 6.07 Å². The molecule has 0 radical (unpaired) electrons. The molecule has 0 amide bonds. The molecule has 1 aliphatic heterocycles. The summed E-state index contributed by atoms with van der Waals surface area (Å²) in [7, 11) is 0. The van der Waals surface area contributed by atoms with Gasteiger partial charge in [0.05, 0.1) is 11.2 Å². The van der Waals surface area contributed by atoms with Crippen molar-refractivity contribution in [2.24, 2.45) is 0 Å². The number of piperidine rings is 1. The zero-order valence-electron chi connectivity index (χ0n) is 15.1. The average Bonchev–Trinajstić information content (AvgIpc) is 3.18. The Bertz CT molecular complexity index is 1100. The summed E-state index contributed by atoms with van der Waals surface area (Å²) in [6.07, 6.45) is 7.98. The van der Waals surface area contributed by atoms with Crippen molar-refractivity contribution in [3.8, 4) is 21.7 Å². The number of nitrogens with zero attached hydrogens (tertiary/aromatic N) is 5. The first kappa shape index (κ1) is 17.2. The first-order valence-electron chi connectivity index (χ1n) is 9.29. The van der Waals surface area contributed by atoms with Crippen LogP contribution < -0.4 is 4.90 Å². The Labute approximate surface area is 165 Å². The molecule has 4 aromatic heterocycles. The summed E-state index contributed by atoms with van der Waals surface area (Å²) in [5.41, 5.74) is 3.73. The quantitative estimate of drug-likeness (QED) is 0.504. The number of anilines is 1. The number of hydrogen-bond acceptors (Lipinski definition) is 6. The van der Waals surface area contributed by atoms with Crippen molar-refractivity contribution in [2.45, 2.75) is 19.0 Å². The molecular weight excluding hydrogens is 373 g/mol. The summed E-state index contributed by atoms with van der Waals surface area (Å²) < 4.78 is 14.7. The van der Waals surface area contributed by atoms with Gasteiger partial charge in [-0.05, 0) is 37.1 Å². The number of rotatable bonds is 3. The summed E-state index contributed by atoms with van der Waals surface area (Å²) in [6, 6.07) is 9.98. The molecule has 5 heterocycles. The molecule has 140 valence electrons. The van der Waals surface area contributed by atoms with Gasteiger partial charge in [-0.2, -0.15) is 0 Å². The Hall–Kier alpha value is -2.93. The summed E-state index contributed by atoms with van der Waals surface area (Å²) in [6.45, 7) is 1.28. The molecule has 1 fully saturated rings. The standard InChI is InChI=1S/C21H18FN5S/c22-17-4-2-8-27(13-17)19-6-5-15(11-24-19)21-26-20-18(28-21)9-16(12-25-20)14-3-1-7-23-10-14/h1,3,5-7,9-12,17H,2,4,8,13H2/t17-/m1/s1. The third kappa shape index (κ3) is 3.33. The topological polar surface area (TPSA) is 54.8 Å². The van der Waals surface area contributed by atoms with Crippen molar-refractivity contribution in [2.75, 3.05) is 18.0 Å². The lowest BCUT2D eigenvalue weighted by Crippen LogP contribution is -2.36. The van der Waals surface area contributed by atoms with E-state index in [0.717, 1.165) is 50.8 Å². The maximum Gasteiger partial charge on any atom is 0.170 e. The van der Waals surface area contributed by atoms with Crippen LogP contribution >= 0.6 is 11.3 Å². The smallest absolute Gasteiger partial charge is 0.170 e. The average molecular weight is 391 g/mol. The van der Waals surface area contributed by atoms with Crippen molar-refractivity contribution in [3.63, 3.8) is 0 Å². The van der Waals surface area contributed by atoms with Crippen LogP contribution in [0.3, 0.4) is 0 Å². The molecule has 0 N–H and O–H groups in total. The van der Waals surface area contributed by atoms with Gasteiger partial charge in [0.2, 0.25) is 0 Å². The van der Waals surface area contributed by atoms with Gasteiger partial charge in [0, 0.05) is 48.0 Å². The van der Waals surface area contributed by atoms with E-state index in [2.05, 4.69) is 26.0 Å². The monoisotopic (exact) mass is 391 g/mol. The van der Waals surface area contributed by atoms with Crippen molar-refractivity contribution in [1.82, 2.24) is 19.9 Å². The SMILES string of the molecule is F[C@@H]1CCCN(c2ccc(-c3nc4ncc(-c5cccnc5)cc4s3)cn2)C1. The number of hydrogen-bond donors (Lipinski definition) is 0. The van der Waals surface area contributed by atoms with E-state index in [1.807, 2.05) is 47.8 Å². The Morgan fingerprint density at radius 2 is 1.96 bits per heavy atom. The Kier molecular flexibility index (Phi) is 4.44. The number of pyridine rings is 3. The van der Waals surface area contributed by atoms with E-state index in [9.17, 15) is 4.39 Å². The van der Waals surface area contributed by atoms with Crippen molar-refractivity contribution in [3.05, 3.63) is 55.1 Å². The van der Waals surface area contributed by atoms with E-state index in [4.69, 9.17) is 0 Å². The second-order valence-corrected chi connectivity index (χ2v) is 7.93. The predicted octanol–water partition coefficient (Wildman–Crippen LogP) is 4.75. The van der Waals surface area contributed by atoms with E-state index >= 15 is 0 Å². The highest BCUT2D eigenvalue weighted by molar-refractivity contribution is 7.21. The predicted molar refractivity (Wildman–Crippen MR) is 110 cm³/mol. The maximum absolute atomic E-state index is 13.6. The summed E-state index contributed by atoms with van der Waals surface area (Å²) in [4.78, 5) is 19.9. The van der Waals surface area contributed by atoms with Gasteiger partial charge in [-0.3, -0.25) is 4.98 Å². The van der Waals surface area contributed by atoms with Gasteiger partial charge < -0.3 is 4.90 Å². The molecule has 0 bridgehead atoms. The Balaban J connectivity index is 1.43. The Morgan fingerprint density at radius 3 is 2.75 bits per heavy atom. The number of aromatic nitrogens is 4. The molecule has 0 unspecified atom stereocenters. The van der Waals surface area contributed by atoms with Crippen molar-refractivity contribution in [1.29, 1.82) is 0 Å². The van der Waals surface area contributed by atoms with Crippen LogP contribution in [0.25, 0.3) is 32.0 Å². The minimum atomic E-state index is -0.764. The lowest BCUT2D eigenvalue weighted by molar-refractivity contribution is 0.286. The number of halogens is 1. The molecule has 0 aromatic carbocycles. The van der Waals surface area contributed by atoms with Gasteiger partial charge in [0.25, 0.3) is 0 Å². The van der Waals surface area contributed by atoms with E-state index in [0.29, 0.717) is 13.0 Å². The molecule has 0 aliphatic carbocycles. The highest BCUT2D eigenvalue weighted by Gasteiger charge is 2.20. The second kappa shape index (κ2) is 7.24. The highest BCUT2D eigenvalue weighted by atomic mass is 32.1. The molecule has 4 aromatic rings. The molecule has 7 heteroatoms. The lowest BCUT2D eigenvalue weighted by atomic mass is 10.1. The minimum absolute atomic E-state index is 0.425. The third-order valence-electron chi connectivity index (χ3n) is 4.92. The molecule has 28 heavy (non-hydrogen) atoms. The highest BCUT2D eigenvalue weighted by Crippen LogP contribution is 2.32. The number of fused-ring (bicyclic) bond motifs is 1. The van der Waals surface area contributed by atoms with Crippen LogP contribution in [0.15, 0.2) is 55.1 Å². The first-order valence-corrected chi connectivity index (χ1v) is 10.1. The van der Waals surface area contributed by atoms with Crippen LogP contribution in [0.1, 0.15) is 12.8 Å². The molecule has 0 spiro atoms. The maximum atomic E-state index is 13.6. The second-order valence-electron chi connectivity index (χ2n) is 6.90. The van der Waals surface area contributed by atoms with Crippen LogP contribution in [0.4, 0.5) is 10.2 Å². The number of thiazole rings is 1. The summed E-state index contributed by atoms with van der Waals surface area (Å²) >= 11 is 1.59. The summed E-state index contributed by atoms with van der Waals surface area (Å²) in [5, 5.41) is 0.881. The fourth-order valence-electron chi connectivity index (χ4n) is 3.47. The number of alkyl halides is 1. The zero-order valence-corrected chi connectivity index (χ0v) is 15.9. The fourth-order valence-corrected chi connectivity index (χ4v) is 4.42. The van der Waals surface area contributed by atoms with Crippen LogP contribution in [0.2, 0.25) is 0 Å². The minimum Gasteiger partial charge on any atom is -0.354 e. The largest absolute Gasteiger partial charge is 0.354 e. The van der Waals surface area contributed by atoms with E-state index in [-0.39, 0.29) is 0 Å². The fraction of sp³-hybridized carbons (Fsp3) is 0.238.